The SMILES string of the molecule is COc1cccc(CCNC(=O)C(C)(C)c2ccc3c(c2)OCCO3)c1. The molecule has 2 aromatic rings. The number of fused-ring (bicyclic) bond motifs is 1. The van der Waals surface area contributed by atoms with Gasteiger partial charge in [0.25, 0.3) is 0 Å². The summed E-state index contributed by atoms with van der Waals surface area (Å²) in [7, 11) is 1.65. The van der Waals surface area contributed by atoms with E-state index >= 15 is 0 Å². The molecule has 138 valence electrons. The summed E-state index contributed by atoms with van der Waals surface area (Å²) in [4.78, 5) is 12.7. The van der Waals surface area contributed by atoms with Crippen LogP contribution in [0, 0.1) is 0 Å². The molecule has 26 heavy (non-hydrogen) atoms. The van der Waals surface area contributed by atoms with Gasteiger partial charge in [0.2, 0.25) is 5.91 Å². The lowest BCUT2D eigenvalue weighted by Crippen LogP contribution is -2.41. The Labute approximate surface area is 154 Å². The van der Waals surface area contributed by atoms with Crippen LogP contribution < -0.4 is 19.5 Å². The van der Waals surface area contributed by atoms with Crippen LogP contribution in [-0.2, 0) is 16.6 Å². The summed E-state index contributed by atoms with van der Waals surface area (Å²) in [5, 5.41) is 3.04. The normalized spacial score (nSPS) is 13.2. The molecule has 1 aliphatic heterocycles. The number of carbonyl (C=O) groups excluding carboxylic acids is 1. The minimum Gasteiger partial charge on any atom is -0.497 e. The second kappa shape index (κ2) is 7.68. The van der Waals surface area contributed by atoms with E-state index < -0.39 is 5.41 Å². The maximum Gasteiger partial charge on any atom is 0.230 e. The molecule has 1 amide bonds. The summed E-state index contributed by atoms with van der Waals surface area (Å²) in [6, 6.07) is 13.6. The number of nitrogens with one attached hydrogen (secondary N) is 1. The summed E-state index contributed by atoms with van der Waals surface area (Å²) in [5.41, 5.74) is 1.37. The largest absolute Gasteiger partial charge is 0.497 e. The van der Waals surface area contributed by atoms with Crippen LogP contribution in [0.4, 0.5) is 0 Å². The second-order valence-corrected chi connectivity index (χ2v) is 6.84. The third kappa shape index (κ3) is 3.93. The van der Waals surface area contributed by atoms with E-state index in [0.717, 1.165) is 29.0 Å². The number of hydrogen-bond donors (Lipinski definition) is 1. The first-order valence-corrected chi connectivity index (χ1v) is 8.82. The van der Waals surface area contributed by atoms with Gasteiger partial charge in [-0.05, 0) is 55.7 Å². The zero-order valence-electron chi connectivity index (χ0n) is 15.5. The minimum absolute atomic E-state index is 0.0166. The number of hydrogen-bond acceptors (Lipinski definition) is 4. The molecule has 0 fully saturated rings. The van der Waals surface area contributed by atoms with E-state index in [1.54, 1.807) is 7.11 Å². The predicted octanol–water partition coefficient (Wildman–Crippen LogP) is 3.10. The fraction of sp³-hybridized carbons (Fsp3) is 0.381. The highest BCUT2D eigenvalue weighted by atomic mass is 16.6. The van der Waals surface area contributed by atoms with Crippen molar-refractivity contribution in [1.82, 2.24) is 5.32 Å². The number of carbonyl (C=O) groups is 1. The van der Waals surface area contributed by atoms with Gasteiger partial charge < -0.3 is 19.5 Å². The first-order chi connectivity index (χ1) is 12.5. The highest BCUT2D eigenvalue weighted by Crippen LogP contribution is 2.35. The molecule has 0 unspecified atom stereocenters. The Hall–Kier alpha value is -2.69. The lowest BCUT2D eigenvalue weighted by Gasteiger charge is -2.26. The maximum absolute atomic E-state index is 12.7. The molecule has 0 spiro atoms. The van der Waals surface area contributed by atoms with Crippen molar-refractivity contribution >= 4 is 5.91 Å². The molecule has 2 aromatic carbocycles. The number of benzene rings is 2. The van der Waals surface area contributed by atoms with Gasteiger partial charge >= 0.3 is 0 Å². The van der Waals surface area contributed by atoms with E-state index in [1.165, 1.54) is 0 Å². The quantitative estimate of drug-likeness (QED) is 0.865. The van der Waals surface area contributed by atoms with Crippen molar-refractivity contribution in [3.05, 3.63) is 53.6 Å². The molecule has 1 heterocycles. The molecule has 0 radical (unpaired) electrons. The van der Waals surface area contributed by atoms with Gasteiger partial charge in [-0.3, -0.25) is 4.79 Å². The number of ether oxygens (including phenoxy) is 3. The first-order valence-electron chi connectivity index (χ1n) is 8.82. The van der Waals surface area contributed by atoms with E-state index in [0.29, 0.717) is 25.5 Å². The van der Waals surface area contributed by atoms with Crippen molar-refractivity contribution in [2.24, 2.45) is 0 Å². The molecular weight excluding hydrogens is 330 g/mol. The highest BCUT2D eigenvalue weighted by Gasteiger charge is 2.30. The van der Waals surface area contributed by atoms with E-state index in [-0.39, 0.29) is 5.91 Å². The van der Waals surface area contributed by atoms with Crippen molar-refractivity contribution < 1.29 is 19.0 Å². The van der Waals surface area contributed by atoms with Crippen LogP contribution in [0.3, 0.4) is 0 Å². The van der Waals surface area contributed by atoms with E-state index in [9.17, 15) is 4.79 Å². The van der Waals surface area contributed by atoms with Gasteiger partial charge in [-0.25, -0.2) is 0 Å². The number of amides is 1. The molecule has 0 saturated carbocycles. The van der Waals surface area contributed by atoms with Crippen LogP contribution in [-0.4, -0.2) is 32.8 Å². The number of rotatable bonds is 6. The van der Waals surface area contributed by atoms with Gasteiger partial charge in [0.1, 0.15) is 19.0 Å². The van der Waals surface area contributed by atoms with Crippen LogP contribution >= 0.6 is 0 Å². The van der Waals surface area contributed by atoms with Gasteiger partial charge in [-0.15, -0.1) is 0 Å². The first kappa shape index (κ1) is 18.1. The summed E-state index contributed by atoms with van der Waals surface area (Å²) >= 11 is 0. The van der Waals surface area contributed by atoms with Crippen LogP contribution in [0.25, 0.3) is 0 Å². The van der Waals surface area contributed by atoms with Gasteiger partial charge in [0.05, 0.1) is 12.5 Å². The van der Waals surface area contributed by atoms with E-state index in [2.05, 4.69) is 5.32 Å². The molecule has 1 N–H and O–H groups in total. The van der Waals surface area contributed by atoms with Gasteiger partial charge in [-0.1, -0.05) is 18.2 Å². The third-order valence-electron chi connectivity index (χ3n) is 4.66. The molecule has 1 aliphatic rings. The summed E-state index contributed by atoms with van der Waals surface area (Å²) < 4.78 is 16.4. The Morgan fingerprint density at radius 3 is 2.65 bits per heavy atom. The van der Waals surface area contributed by atoms with Crippen molar-refractivity contribution in [1.29, 1.82) is 0 Å². The lowest BCUT2D eigenvalue weighted by molar-refractivity contribution is -0.125. The molecule has 0 aromatic heterocycles. The van der Waals surface area contributed by atoms with Crippen LogP contribution in [0.1, 0.15) is 25.0 Å². The van der Waals surface area contributed by atoms with Crippen molar-refractivity contribution in [2.75, 3.05) is 26.9 Å². The molecular formula is C21H25NO4. The highest BCUT2D eigenvalue weighted by molar-refractivity contribution is 5.87. The van der Waals surface area contributed by atoms with Crippen molar-refractivity contribution in [2.45, 2.75) is 25.7 Å². The molecule has 5 nitrogen and oxygen atoms in total. The van der Waals surface area contributed by atoms with Gasteiger partial charge in [-0.2, -0.15) is 0 Å². The van der Waals surface area contributed by atoms with Crippen LogP contribution in [0.2, 0.25) is 0 Å². The van der Waals surface area contributed by atoms with Crippen LogP contribution in [0.15, 0.2) is 42.5 Å². The van der Waals surface area contributed by atoms with Crippen molar-refractivity contribution in [3.8, 4) is 17.2 Å². The Morgan fingerprint density at radius 2 is 1.88 bits per heavy atom. The molecule has 5 heteroatoms. The number of methoxy groups -OCH3 is 1. The zero-order chi connectivity index (χ0) is 18.6. The maximum atomic E-state index is 12.7. The molecule has 0 atom stereocenters. The Bertz CT molecular complexity index is 785. The molecule has 3 rings (SSSR count). The molecule has 0 bridgehead atoms. The van der Waals surface area contributed by atoms with Crippen molar-refractivity contribution in [3.63, 3.8) is 0 Å². The standard InChI is InChI=1S/C21H25NO4/c1-21(2,16-7-8-18-19(14-16)26-12-11-25-18)20(23)22-10-9-15-5-4-6-17(13-15)24-3/h4-8,13-14H,9-12H2,1-3H3,(H,22,23). The van der Waals surface area contributed by atoms with Gasteiger partial charge in [0, 0.05) is 6.54 Å². The lowest BCUT2D eigenvalue weighted by atomic mass is 9.83. The predicted molar refractivity (Wildman–Crippen MR) is 100 cm³/mol. The van der Waals surface area contributed by atoms with Crippen LogP contribution in [0.5, 0.6) is 17.2 Å². The average molecular weight is 355 g/mol. The van der Waals surface area contributed by atoms with Gasteiger partial charge in [0.15, 0.2) is 11.5 Å². The topological polar surface area (TPSA) is 56.8 Å². The second-order valence-electron chi connectivity index (χ2n) is 6.84. The molecule has 0 saturated heterocycles. The third-order valence-corrected chi connectivity index (χ3v) is 4.66. The minimum atomic E-state index is -0.662. The Kier molecular flexibility index (Phi) is 5.35. The van der Waals surface area contributed by atoms with E-state index in [1.807, 2.05) is 56.3 Å². The summed E-state index contributed by atoms with van der Waals surface area (Å²) in [6.45, 7) is 5.49. The Morgan fingerprint density at radius 1 is 1.12 bits per heavy atom. The summed E-state index contributed by atoms with van der Waals surface area (Å²) in [6.07, 6.45) is 0.750. The summed E-state index contributed by atoms with van der Waals surface area (Å²) in [5.74, 6) is 2.24. The fourth-order valence-corrected chi connectivity index (χ4v) is 2.93. The average Bonchev–Trinajstić information content (AvgIpc) is 2.67. The Balaban J connectivity index is 1.62. The smallest absolute Gasteiger partial charge is 0.230 e. The fourth-order valence-electron chi connectivity index (χ4n) is 2.93. The molecule has 0 aliphatic carbocycles. The van der Waals surface area contributed by atoms with E-state index in [4.69, 9.17) is 14.2 Å². The monoisotopic (exact) mass is 355 g/mol. The zero-order valence-corrected chi connectivity index (χ0v) is 15.5.